The van der Waals surface area contributed by atoms with Gasteiger partial charge in [0.05, 0.1) is 11.4 Å². The number of nitrogens with zero attached hydrogens (tertiary/aromatic N) is 5. The van der Waals surface area contributed by atoms with E-state index < -0.39 is 0 Å². The van der Waals surface area contributed by atoms with Gasteiger partial charge in [-0.2, -0.15) is 0 Å². The van der Waals surface area contributed by atoms with Crippen LogP contribution in [0.5, 0.6) is 0 Å². The van der Waals surface area contributed by atoms with Crippen molar-refractivity contribution in [1.29, 1.82) is 0 Å². The SMILES string of the molecule is CC(C)C1=CC2=NC(c3cccc(C4=NC5C=CC(C(C)C)=CC5=N4)n3)=NC2C=C1.[Cl-].[Cl-].[Co+2]. The van der Waals surface area contributed by atoms with E-state index in [1.54, 1.807) is 0 Å². The number of aliphatic imine (C=N–C) groups is 4. The summed E-state index contributed by atoms with van der Waals surface area (Å²) in [7, 11) is 0. The first kappa shape index (κ1) is 27.1. The topological polar surface area (TPSA) is 62.3 Å². The number of halogens is 2. The Hall–Kier alpha value is -2.12. The average molecular weight is 525 g/mol. The van der Waals surface area contributed by atoms with Gasteiger partial charge in [-0.1, -0.05) is 58.1 Å². The van der Waals surface area contributed by atoms with Crippen molar-refractivity contribution in [2.75, 3.05) is 0 Å². The minimum absolute atomic E-state index is 0. The molecular formula is C25H25Cl2CoN5. The molecule has 2 aliphatic heterocycles. The van der Waals surface area contributed by atoms with Crippen molar-refractivity contribution in [3.63, 3.8) is 0 Å². The van der Waals surface area contributed by atoms with E-state index in [0.717, 1.165) is 22.8 Å². The molecule has 33 heavy (non-hydrogen) atoms. The van der Waals surface area contributed by atoms with Crippen molar-refractivity contribution < 1.29 is 41.6 Å². The fraction of sp³-hybridized carbons (Fsp3) is 0.320. The predicted molar refractivity (Wildman–Crippen MR) is 124 cm³/mol. The molecule has 173 valence electrons. The first-order valence-electron chi connectivity index (χ1n) is 10.6. The van der Waals surface area contributed by atoms with Gasteiger partial charge in [0.15, 0.2) is 11.7 Å². The largest absolute Gasteiger partial charge is 2.00 e. The summed E-state index contributed by atoms with van der Waals surface area (Å²) in [6.45, 7) is 8.76. The number of fused-ring (bicyclic) bond motifs is 2. The van der Waals surface area contributed by atoms with Gasteiger partial charge in [-0.15, -0.1) is 0 Å². The Morgan fingerprint density at radius 3 is 1.52 bits per heavy atom. The summed E-state index contributed by atoms with van der Waals surface area (Å²) in [4.78, 5) is 23.9. The van der Waals surface area contributed by atoms with E-state index in [9.17, 15) is 0 Å². The van der Waals surface area contributed by atoms with Crippen LogP contribution in [0.25, 0.3) is 0 Å². The van der Waals surface area contributed by atoms with Crippen molar-refractivity contribution in [1.82, 2.24) is 4.98 Å². The molecule has 3 heterocycles. The molecule has 0 spiro atoms. The van der Waals surface area contributed by atoms with Gasteiger partial charge in [-0.05, 0) is 47.3 Å². The summed E-state index contributed by atoms with van der Waals surface area (Å²) in [6.07, 6.45) is 12.8. The smallest absolute Gasteiger partial charge is 1.00 e. The number of pyridine rings is 1. The van der Waals surface area contributed by atoms with E-state index >= 15 is 0 Å². The summed E-state index contributed by atoms with van der Waals surface area (Å²) >= 11 is 0. The molecule has 0 fully saturated rings. The monoisotopic (exact) mass is 524 g/mol. The Balaban J connectivity index is 0.00000128. The zero-order valence-corrected chi connectivity index (χ0v) is 21.4. The van der Waals surface area contributed by atoms with Crippen LogP contribution < -0.4 is 24.8 Å². The maximum atomic E-state index is 4.80. The number of hydrogen-bond donors (Lipinski definition) is 0. The van der Waals surface area contributed by atoms with Gasteiger partial charge < -0.3 is 24.8 Å². The minimum atomic E-state index is -0.00961. The third-order valence-electron chi connectivity index (χ3n) is 5.71. The fourth-order valence-corrected chi connectivity index (χ4v) is 3.84. The van der Waals surface area contributed by atoms with Crippen LogP contribution in [0.2, 0.25) is 0 Å². The van der Waals surface area contributed by atoms with E-state index in [1.807, 2.05) is 18.2 Å². The van der Waals surface area contributed by atoms with Gasteiger partial charge in [0.1, 0.15) is 23.5 Å². The van der Waals surface area contributed by atoms with Gasteiger partial charge in [0.2, 0.25) is 0 Å². The average Bonchev–Trinajstić information content (AvgIpc) is 3.36. The molecule has 1 aromatic heterocycles. The summed E-state index contributed by atoms with van der Waals surface area (Å²) < 4.78 is 0. The van der Waals surface area contributed by atoms with Crippen molar-refractivity contribution in [3.8, 4) is 0 Å². The summed E-state index contributed by atoms with van der Waals surface area (Å²) in [6, 6.07) is 5.86. The number of aromatic nitrogens is 1. The van der Waals surface area contributed by atoms with E-state index in [4.69, 9.17) is 25.0 Å². The summed E-state index contributed by atoms with van der Waals surface area (Å²) in [5.74, 6) is 2.29. The molecule has 2 atom stereocenters. The predicted octanol–water partition coefficient (Wildman–Crippen LogP) is -1.47. The standard InChI is InChI=1S/C25H25N5.2ClH.Co/c1-14(2)16-8-10-18-22(12-16)29-24(27-18)20-6-5-7-21(26-20)25-28-19-11-9-17(15(3)4)13-23(19)30-25;;;/h5-15,18-19H,1-4H3;2*1H;/q;;;+2/p-2. The van der Waals surface area contributed by atoms with Crippen LogP contribution >= 0.6 is 0 Å². The molecule has 0 amide bonds. The first-order valence-corrected chi connectivity index (χ1v) is 10.6. The molecule has 4 aliphatic rings. The molecule has 1 radical (unpaired) electrons. The van der Waals surface area contributed by atoms with E-state index in [2.05, 4.69) is 64.2 Å². The van der Waals surface area contributed by atoms with Crippen LogP contribution in [0.3, 0.4) is 0 Å². The molecule has 0 bridgehead atoms. The Kier molecular flexibility index (Phi) is 8.93. The first-order chi connectivity index (χ1) is 14.5. The molecule has 2 unspecified atom stereocenters. The molecule has 5 rings (SSSR count). The van der Waals surface area contributed by atoms with Crippen LogP contribution in [-0.2, 0) is 16.8 Å². The van der Waals surface area contributed by atoms with Crippen LogP contribution in [0.15, 0.2) is 85.8 Å². The molecule has 0 saturated heterocycles. The molecule has 5 nitrogen and oxygen atoms in total. The van der Waals surface area contributed by atoms with Gasteiger partial charge in [-0.25, -0.2) is 15.0 Å². The maximum Gasteiger partial charge on any atom is 2.00 e. The van der Waals surface area contributed by atoms with E-state index in [0.29, 0.717) is 23.5 Å². The van der Waals surface area contributed by atoms with Gasteiger partial charge in [0, 0.05) is 0 Å². The fourth-order valence-electron chi connectivity index (χ4n) is 3.84. The third-order valence-corrected chi connectivity index (χ3v) is 5.71. The molecule has 2 aliphatic carbocycles. The summed E-state index contributed by atoms with van der Waals surface area (Å²) in [5, 5.41) is 0. The third kappa shape index (κ3) is 5.35. The second kappa shape index (κ2) is 10.9. The molecule has 0 N–H and O–H groups in total. The molecule has 0 aromatic carbocycles. The Bertz CT molecular complexity index is 1080. The van der Waals surface area contributed by atoms with Crippen molar-refractivity contribution >= 4 is 23.1 Å². The zero-order valence-electron chi connectivity index (χ0n) is 18.8. The van der Waals surface area contributed by atoms with Crippen LogP contribution in [0, 0.1) is 11.8 Å². The van der Waals surface area contributed by atoms with Gasteiger partial charge >= 0.3 is 16.8 Å². The van der Waals surface area contributed by atoms with Crippen LogP contribution in [0.4, 0.5) is 0 Å². The number of hydrogen-bond acceptors (Lipinski definition) is 5. The maximum absolute atomic E-state index is 4.80. The number of amidine groups is 2. The van der Waals surface area contributed by atoms with Crippen molar-refractivity contribution in [2.45, 2.75) is 39.8 Å². The molecule has 8 heteroatoms. The van der Waals surface area contributed by atoms with E-state index in [1.165, 1.54) is 11.1 Å². The quantitative estimate of drug-likeness (QED) is 0.474. The van der Waals surface area contributed by atoms with Crippen molar-refractivity contribution in [2.24, 2.45) is 31.8 Å². The second-order valence-corrected chi connectivity index (χ2v) is 8.59. The Morgan fingerprint density at radius 1 is 0.697 bits per heavy atom. The van der Waals surface area contributed by atoms with E-state index in [-0.39, 0.29) is 53.7 Å². The zero-order chi connectivity index (χ0) is 20.8. The molecule has 1 aromatic rings. The molecular weight excluding hydrogens is 500 g/mol. The normalized spacial score (nSPS) is 22.0. The van der Waals surface area contributed by atoms with Crippen LogP contribution in [-0.4, -0.2) is 40.2 Å². The Morgan fingerprint density at radius 2 is 1.12 bits per heavy atom. The van der Waals surface area contributed by atoms with Gasteiger partial charge in [-0.3, -0.25) is 9.98 Å². The number of allylic oxidation sites excluding steroid dienone is 4. The number of rotatable bonds is 4. The van der Waals surface area contributed by atoms with Crippen LogP contribution in [0.1, 0.15) is 39.1 Å². The van der Waals surface area contributed by atoms with Gasteiger partial charge in [0.25, 0.3) is 0 Å². The second-order valence-electron chi connectivity index (χ2n) is 8.59. The minimum Gasteiger partial charge on any atom is -1.00 e. The summed E-state index contributed by atoms with van der Waals surface area (Å²) in [5.41, 5.74) is 6.06. The van der Waals surface area contributed by atoms with Crippen molar-refractivity contribution in [3.05, 3.63) is 77.2 Å². The molecule has 0 saturated carbocycles. The Labute approximate surface area is 217 Å².